The lowest BCUT2D eigenvalue weighted by Gasteiger charge is -2.26. The van der Waals surface area contributed by atoms with Crippen molar-refractivity contribution in [3.63, 3.8) is 0 Å². The molecule has 1 unspecified atom stereocenters. The monoisotopic (exact) mass is 256 g/mol. The largest absolute Gasteiger partial charge is 0.465 e. The zero-order valence-corrected chi connectivity index (χ0v) is 9.37. The van der Waals surface area contributed by atoms with Crippen molar-refractivity contribution in [2.24, 2.45) is 0 Å². The van der Waals surface area contributed by atoms with E-state index < -0.39 is 30.1 Å². The van der Waals surface area contributed by atoms with E-state index in [2.05, 4.69) is 0 Å². The highest BCUT2D eigenvalue weighted by Crippen LogP contribution is 2.29. The minimum Gasteiger partial charge on any atom is -0.465 e. The van der Waals surface area contributed by atoms with E-state index in [9.17, 15) is 19.2 Å². The maximum atomic E-state index is 11.9. The van der Waals surface area contributed by atoms with Crippen LogP contribution in [0.5, 0.6) is 0 Å². The average Bonchev–Trinajstić information content (AvgIpc) is 2.85. The standard InChI is InChI=1S/C10H12N2O6/c13-4-5(11-10(16)17)1-8(14)12-3-6-2-7(12)9(15)18-6/h4-7,11H,1-3H2,(H,16,17)/t5?,6-,7-/m0/s1. The molecule has 2 N–H and O–H groups in total. The number of morpholine rings is 1. The summed E-state index contributed by atoms with van der Waals surface area (Å²) in [5, 5.41) is 10.4. The Bertz CT molecular complexity index is 409. The molecule has 3 atom stereocenters. The van der Waals surface area contributed by atoms with Crippen LogP contribution in [-0.4, -0.2) is 59.0 Å². The number of hydrogen-bond donors (Lipinski definition) is 2. The first-order valence-corrected chi connectivity index (χ1v) is 5.46. The van der Waals surface area contributed by atoms with E-state index in [4.69, 9.17) is 9.84 Å². The molecule has 8 heteroatoms. The number of carboxylic acid groups (broad SMARTS) is 1. The fourth-order valence-corrected chi connectivity index (χ4v) is 2.22. The van der Waals surface area contributed by atoms with Crippen LogP contribution in [0.4, 0.5) is 4.79 Å². The van der Waals surface area contributed by atoms with Gasteiger partial charge >= 0.3 is 12.1 Å². The van der Waals surface area contributed by atoms with Crippen LogP contribution in [0.1, 0.15) is 12.8 Å². The number of aldehydes is 1. The number of ether oxygens (including phenoxy) is 1. The fraction of sp³-hybridized carbons (Fsp3) is 0.600. The van der Waals surface area contributed by atoms with Crippen molar-refractivity contribution >= 4 is 24.3 Å². The van der Waals surface area contributed by atoms with Crippen molar-refractivity contribution < 1.29 is 29.0 Å². The van der Waals surface area contributed by atoms with Gasteiger partial charge in [0.25, 0.3) is 0 Å². The van der Waals surface area contributed by atoms with Gasteiger partial charge in [0, 0.05) is 6.42 Å². The molecule has 0 aliphatic carbocycles. The quantitative estimate of drug-likeness (QED) is 0.479. The molecule has 0 radical (unpaired) electrons. The minimum absolute atomic E-state index is 0.270. The molecule has 0 aromatic heterocycles. The molecule has 0 spiro atoms. The third-order valence-electron chi connectivity index (χ3n) is 3.01. The molecule has 2 aliphatic rings. The molecule has 2 aliphatic heterocycles. The lowest BCUT2D eigenvalue weighted by Crippen LogP contribution is -2.47. The summed E-state index contributed by atoms with van der Waals surface area (Å²) in [7, 11) is 0. The van der Waals surface area contributed by atoms with E-state index in [1.165, 1.54) is 4.90 Å². The van der Waals surface area contributed by atoms with Crippen molar-refractivity contribution in [2.45, 2.75) is 31.0 Å². The third kappa shape index (κ3) is 2.27. The molecule has 2 fully saturated rings. The molecule has 0 saturated carbocycles. The zero-order valence-electron chi connectivity index (χ0n) is 9.37. The summed E-state index contributed by atoms with van der Waals surface area (Å²) in [5.74, 6) is -0.863. The molecule has 2 amide bonds. The molecule has 2 heterocycles. The number of rotatable bonds is 4. The summed E-state index contributed by atoms with van der Waals surface area (Å²) in [6, 6.07) is -1.68. The van der Waals surface area contributed by atoms with E-state index in [0.717, 1.165) is 0 Å². The number of esters is 1. The first-order chi connectivity index (χ1) is 8.51. The van der Waals surface area contributed by atoms with Crippen LogP contribution < -0.4 is 5.32 Å². The number of likely N-dealkylation sites (tertiary alicyclic amines) is 1. The summed E-state index contributed by atoms with van der Waals surface area (Å²) in [4.78, 5) is 45.5. The number of fused-ring (bicyclic) bond motifs is 2. The van der Waals surface area contributed by atoms with Crippen LogP contribution in [0.25, 0.3) is 0 Å². The van der Waals surface area contributed by atoms with E-state index >= 15 is 0 Å². The van der Waals surface area contributed by atoms with Crippen LogP contribution in [0.3, 0.4) is 0 Å². The summed E-state index contributed by atoms with van der Waals surface area (Å²) < 4.78 is 4.92. The molecular weight excluding hydrogens is 244 g/mol. The van der Waals surface area contributed by atoms with Crippen LogP contribution in [0.2, 0.25) is 0 Å². The first-order valence-electron chi connectivity index (χ1n) is 5.46. The summed E-state index contributed by atoms with van der Waals surface area (Å²) in [5.41, 5.74) is 0. The van der Waals surface area contributed by atoms with Gasteiger partial charge in [-0.3, -0.25) is 4.79 Å². The van der Waals surface area contributed by atoms with Gasteiger partial charge in [-0.05, 0) is 0 Å². The van der Waals surface area contributed by atoms with Gasteiger partial charge in [-0.15, -0.1) is 0 Å². The maximum Gasteiger partial charge on any atom is 0.405 e. The van der Waals surface area contributed by atoms with E-state index in [1.807, 2.05) is 5.32 Å². The van der Waals surface area contributed by atoms with Gasteiger partial charge in [0.1, 0.15) is 18.4 Å². The van der Waals surface area contributed by atoms with E-state index in [1.54, 1.807) is 0 Å². The van der Waals surface area contributed by atoms with Crippen LogP contribution in [0.15, 0.2) is 0 Å². The Hall–Kier alpha value is -2.12. The van der Waals surface area contributed by atoms with Gasteiger partial charge in [0.2, 0.25) is 5.91 Å². The Labute approximate surface area is 102 Å². The highest BCUT2D eigenvalue weighted by molar-refractivity contribution is 5.89. The van der Waals surface area contributed by atoms with Gasteiger partial charge in [-0.2, -0.15) is 0 Å². The SMILES string of the molecule is O=CC(CC(=O)N1C[C@@H]2C[C@H]1C(=O)O2)NC(=O)O. The Balaban J connectivity index is 1.94. The molecule has 98 valence electrons. The molecule has 8 nitrogen and oxygen atoms in total. The number of hydrogen-bond acceptors (Lipinski definition) is 5. The third-order valence-corrected chi connectivity index (χ3v) is 3.01. The van der Waals surface area contributed by atoms with E-state index in [0.29, 0.717) is 19.3 Å². The predicted octanol–water partition coefficient (Wildman–Crippen LogP) is -1.26. The second-order valence-electron chi connectivity index (χ2n) is 4.25. The van der Waals surface area contributed by atoms with Crippen molar-refractivity contribution in [1.82, 2.24) is 10.2 Å². The topological polar surface area (TPSA) is 113 Å². The molecule has 0 aromatic carbocycles. The molecule has 2 saturated heterocycles. The number of nitrogens with zero attached hydrogens (tertiary/aromatic N) is 1. The normalized spacial score (nSPS) is 26.7. The summed E-state index contributed by atoms with van der Waals surface area (Å²) >= 11 is 0. The average molecular weight is 256 g/mol. The second kappa shape index (κ2) is 4.63. The van der Waals surface area contributed by atoms with Crippen molar-refractivity contribution in [2.75, 3.05) is 6.54 Å². The predicted molar refractivity (Wildman–Crippen MR) is 55.6 cm³/mol. The van der Waals surface area contributed by atoms with Crippen molar-refractivity contribution in [3.8, 4) is 0 Å². The van der Waals surface area contributed by atoms with Gasteiger partial charge in [0.05, 0.1) is 19.0 Å². The highest BCUT2D eigenvalue weighted by Gasteiger charge is 2.48. The van der Waals surface area contributed by atoms with Gasteiger partial charge in [-0.1, -0.05) is 0 Å². The summed E-state index contributed by atoms with van der Waals surface area (Å²) in [6.07, 6.45) is -1.09. The van der Waals surface area contributed by atoms with Crippen LogP contribution >= 0.6 is 0 Å². The zero-order chi connectivity index (χ0) is 13.3. The second-order valence-corrected chi connectivity index (χ2v) is 4.25. The Kier molecular flexibility index (Phi) is 3.17. The number of nitrogens with one attached hydrogen (secondary N) is 1. The van der Waals surface area contributed by atoms with E-state index in [-0.39, 0.29) is 12.5 Å². The maximum absolute atomic E-state index is 11.9. The van der Waals surface area contributed by atoms with Crippen molar-refractivity contribution in [1.29, 1.82) is 0 Å². The molecule has 18 heavy (non-hydrogen) atoms. The highest BCUT2D eigenvalue weighted by atomic mass is 16.6. The molecular formula is C10H12N2O6. The summed E-state index contributed by atoms with van der Waals surface area (Å²) in [6.45, 7) is 0.313. The number of carbonyl (C=O) groups is 4. The van der Waals surface area contributed by atoms with Crippen LogP contribution in [-0.2, 0) is 19.1 Å². The van der Waals surface area contributed by atoms with Crippen molar-refractivity contribution in [3.05, 3.63) is 0 Å². The molecule has 2 bridgehead atoms. The lowest BCUT2D eigenvalue weighted by atomic mass is 10.2. The number of amides is 2. The van der Waals surface area contributed by atoms with Gasteiger partial charge < -0.3 is 24.9 Å². The Morgan fingerprint density at radius 3 is 2.83 bits per heavy atom. The first kappa shape index (κ1) is 12.3. The van der Waals surface area contributed by atoms with Gasteiger partial charge in [-0.25, -0.2) is 9.59 Å². The van der Waals surface area contributed by atoms with Gasteiger partial charge in [0.15, 0.2) is 0 Å². The smallest absolute Gasteiger partial charge is 0.405 e. The lowest BCUT2D eigenvalue weighted by molar-refractivity contribution is -0.157. The Morgan fingerprint density at radius 2 is 2.33 bits per heavy atom. The number of carbonyl (C=O) groups excluding carboxylic acids is 3. The van der Waals surface area contributed by atoms with Crippen LogP contribution in [0, 0.1) is 0 Å². The fourth-order valence-electron chi connectivity index (χ4n) is 2.22. The molecule has 2 rings (SSSR count). The minimum atomic E-state index is -1.37. The molecule has 0 aromatic rings. The Morgan fingerprint density at radius 1 is 1.61 bits per heavy atom.